The summed E-state index contributed by atoms with van der Waals surface area (Å²) in [4.78, 5) is 33.4. The van der Waals surface area contributed by atoms with Crippen LogP contribution >= 0.6 is 0 Å². The minimum atomic E-state index is -1.41. The van der Waals surface area contributed by atoms with E-state index < -0.39 is 10.8 Å². The van der Waals surface area contributed by atoms with E-state index in [0.717, 1.165) is 35.3 Å². The van der Waals surface area contributed by atoms with E-state index in [9.17, 15) is 9.00 Å². The van der Waals surface area contributed by atoms with E-state index in [1.807, 2.05) is 50.2 Å². The summed E-state index contributed by atoms with van der Waals surface area (Å²) in [6, 6.07) is 19.5. The quantitative estimate of drug-likeness (QED) is 0.232. The molecule has 2 atom stereocenters. The van der Waals surface area contributed by atoms with Crippen LogP contribution in [0.15, 0.2) is 93.8 Å². The van der Waals surface area contributed by atoms with Gasteiger partial charge in [0.2, 0.25) is 5.95 Å². The summed E-state index contributed by atoms with van der Waals surface area (Å²) >= 11 is 0. The Hall–Kier alpha value is -4.25. The lowest BCUT2D eigenvalue weighted by atomic mass is 9.91. The molecular formula is C35H39N7O2S. The molecule has 9 nitrogen and oxygen atoms in total. The zero-order chi connectivity index (χ0) is 31.5. The summed E-state index contributed by atoms with van der Waals surface area (Å²) in [7, 11) is 4.74. The zero-order valence-electron chi connectivity index (χ0n) is 26.2. The Morgan fingerprint density at radius 2 is 1.78 bits per heavy atom. The third kappa shape index (κ3) is 6.88. The van der Waals surface area contributed by atoms with Crippen LogP contribution in [0.2, 0.25) is 0 Å². The van der Waals surface area contributed by atoms with Crippen LogP contribution in [0.4, 0.5) is 11.6 Å². The molecule has 0 spiro atoms. The molecule has 1 aliphatic heterocycles. The molecule has 0 amide bonds. The predicted octanol–water partition coefficient (Wildman–Crippen LogP) is 5.44. The van der Waals surface area contributed by atoms with Crippen molar-refractivity contribution in [2.24, 2.45) is 0 Å². The van der Waals surface area contributed by atoms with Crippen molar-refractivity contribution in [1.29, 1.82) is 0 Å². The standard InChI is InChI=1S/C35H39N7O2S/c1-24-7-12-30(45(44)29-13-15-36-16-14-29)21-31(24)32-20-27-22-37-35(39-33(27)42(34(32)43)19-18-40(2)3)38-28-10-8-25(9-11-28)26-6-5-17-41(4)23-26/h7-16,20-22,26H,5-6,17-19,23H2,1-4H3,(H,37,38,39). The molecule has 2 aromatic carbocycles. The van der Waals surface area contributed by atoms with E-state index in [-0.39, 0.29) is 5.56 Å². The number of aryl methyl sites for hydroxylation is 1. The van der Waals surface area contributed by atoms with Gasteiger partial charge in [-0.25, -0.2) is 9.19 Å². The molecular weight excluding hydrogens is 582 g/mol. The first-order valence-electron chi connectivity index (χ1n) is 15.3. The van der Waals surface area contributed by atoms with Crippen LogP contribution in [-0.4, -0.2) is 74.3 Å². The molecule has 1 aliphatic rings. The van der Waals surface area contributed by atoms with Crippen molar-refractivity contribution < 1.29 is 4.21 Å². The van der Waals surface area contributed by atoms with E-state index in [1.165, 1.54) is 18.4 Å². The maximum atomic E-state index is 14.2. The van der Waals surface area contributed by atoms with Gasteiger partial charge in [-0.15, -0.1) is 0 Å². The molecule has 0 bridgehead atoms. The van der Waals surface area contributed by atoms with E-state index in [4.69, 9.17) is 4.98 Å². The van der Waals surface area contributed by atoms with Gasteiger partial charge in [-0.2, -0.15) is 4.98 Å². The molecule has 45 heavy (non-hydrogen) atoms. The molecule has 4 heterocycles. The van der Waals surface area contributed by atoms with Gasteiger partial charge in [0.05, 0.1) is 10.8 Å². The fourth-order valence-electron chi connectivity index (χ4n) is 5.93. The first-order chi connectivity index (χ1) is 21.8. The Balaban J connectivity index is 1.35. The van der Waals surface area contributed by atoms with Crippen LogP contribution < -0.4 is 10.9 Å². The topological polar surface area (TPSA) is 96.2 Å². The van der Waals surface area contributed by atoms with Crippen molar-refractivity contribution in [3.05, 3.63) is 101 Å². The maximum absolute atomic E-state index is 14.2. The predicted molar refractivity (Wildman–Crippen MR) is 181 cm³/mol. The molecule has 0 saturated carbocycles. The highest BCUT2D eigenvalue weighted by molar-refractivity contribution is 7.85. The number of fused-ring (bicyclic) bond motifs is 1. The number of pyridine rings is 2. The minimum absolute atomic E-state index is 0.147. The van der Waals surface area contributed by atoms with Crippen LogP contribution in [0.25, 0.3) is 22.2 Å². The van der Waals surface area contributed by atoms with Crippen LogP contribution in [0, 0.1) is 6.92 Å². The highest BCUT2D eigenvalue weighted by Gasteiger charge is 2.20. The number of benzene rings is 2. The molecule has 5 aromatic rings. The van der Waals surface area contributed by atoms with E-state index in [1.54, 1.807) is 35.3 Å². The van der Waals surface area contributed by atoms with Crippen LogP contribution in [0.3, 0.4) is 0 Å². The van der Waals surface area contributed by atoms with Crippen LogP contribution in [-0.2, 0) is 17.3 Å². The summed E-state index contributed by atoms with van der Waals surface area (Å²) in [5.74, 6) is 0.985. The number of nitrogens with one attached hydrogen (secondary N) is 1. The summed E-state index contributed by atoms with van der Waals surface area (Å²) in [6.07, 6.45) is 7.46. The highest BCUT2D eigenvalue weighted by atomic mass is 32.2. The second-order valence-electron chi connectivity index (χ2n) is 12.1. The number of rotatable bonds is 9. The second kappa shape index (κ2) is 13.4. The molecule has 1 fully saturated rings. The molecule has 2 unspecified atom stereocenters. The average molecular weight is 622 g/mol. The Morgan fingerprint density at radius 3 is 2.51 bits per heavy atom. The summed E-state index contributed by atoms with van der Waals surface area (Å²) in [5.41, 5.74) is 4.86. The van der Waals surface area contributed by atoms with Gasteiger partial charge in [0.15, 0.2) is 0 Å². The van der Waals surface area contributed by atoms with Gasteiger partial charge in [0.25, 0.3) is 5.56 Å². The highest BCUT2D eigenvalue weighted by Crippen LogP contribution is 2.29. The molecule has 6 rings (SSSR count). The summed E-state index contributed by atoms with van der Waals surface area (Å²) in [6.45, 7) is 5.33. The Labute approximate surface area is 266 Å². The van der Waals surface area contributed by atoms with Crippen molar-refractivity contribution in [1.82, 2.24) is 29.3 Å². The lowest BCUT2D eigenvalue weighted by Crippen LogP contribution is -2.30. The van der Waals surface area contributed by atoms with Crippen molar-refractivity contribution in [3.63, 3.8) is 0 Å². The lowest BCUT2D eigenvalue weighted by molar-refractivity contribution is 0.251. The molecule has 10 heteroatoms. The van der Waals surface area contributed by atoms with Gasteiger partial charge in [-0.3, -0.25) is 14.3 Å². The third-order valence-electron chi connectivity index (χ3n) is 8.44. The number of likely N-dealkylation sites (N-methyl/N-ethyl adjacent to an activating group) is 2. The van der Waals surface area contributed by atoms with Crippen molar-refractivity contribution in [2.45, 2.75) is 42.0 Å². The molecule has 1 N–H and O–H groups in total. The lowest BCUT2D eigenvalue weighted by Gasteiger charge is -2.30. The smallest absolute Gasteiger partial charge is 0.260 e. The van der Waals surface area contributed by atoms with Crippen molar-refractivity contribution >= 4 is 33.5 Å². The molecule has 232 valence electrons. The van der Waals surface area contributed by atoms with Gasteiger partial charge in [-0.1, -0.05) is 18.2 Å². The largest absolute Gasteiger partial charge is 0.324 e. The third-order valence-corrected chi connectivity index (χ3v) is 9.82. The SMILES string of the molecule is Cc1ccc(S(=O)c2ccncc2)cc1-c1cc2cnc(Nc3ccc(C4CCCN(C)C4)cc3)nc2n(CCN(C)C)c1=O. The van der Waals surface area contributed by atoms with Gasteiger partial charge >= 0.3 is 0 Å². The Morgan fingerprint density at radius 1 is 1.00 bits per heavy atom. The number of piperidine rings is 1. The van der Waals surface area contributed by atoms with E-state index in [2.05, 4.69) is 51.5 Å². The van der Waals surface area contributed by atoms with Crippen LogP contribution in [0.1, 0.15) is 29.9 Å². The summed E-state index contributed by atoms with van der Waals surface area (Å²) < 4.78 is 15.1. The molecule has 3 aromatic heterocycles. The number of aromatic nitrogens is 4. The molecule has 0 radical (unpaired) electrons. The van der Waals surface area contributed by atoms with E-state index >= 15 is 0 Å². The van der Waals surface area contributed by atoms with Crippen molar-refractivity contribution in [2.75, 3.05) is 46.1 Å². The van der Waals surface area contributed by atoms with Gasteiger partial charge < -0.3 is 15.1 Å². The zero-order valence-corrected chi connectivity index (χ0v) is 27.1. The number of anilines is 2. The van der Waals surface area contributed by atoms with Crippen LogP contribution in [0.5, 0.6) is 0 Å². The minimum Gasteiger partial charge on any atom is -0.324 e. The molecule has 0 aliphatic carbocycles. The number of likely N-dealkylation sites (tertiary alicyclic amines) is 1. The number of hydrogen-bond acceptors (Lipinski definition) is 8. The normalized spacial score (nSPS) is 16.2. The van der Waals surface area contributed by atoms with Gasteiger partial charge in [-0.05, 0) is 113 Å². The number of hydrogen-bond donors (Lipinski definition) is 1. The van der Waals surface area contributed by atoms with Gasteiger partial charge in [0, 0.05) is 64.7 Å². The Kier molecular flexibility index (Phi) is 9.16. The first kappa shape index (κ1) is 30.8. The van der Waals surface area contributed by atoms with E-state index in [0.29, 0.717) is 46.0 Å². The molecule has 1 saturated heterocycles. The number of nitrogens with zero attached hydrogens (tertiary/aromatic N) is 6. The summed E-state index contributed by atoms with van der Waals surface area (Å²) in [5, 5.41) is 4.10. The average Bonchev–Trinajstić information content (AvgIpc) is 3.05. The Bertz CT molecular complexity index is 1890. The van der Waals surface area contributed by atoms with Crippen molar-refractivity contribution in [3.8, 4) is 11.1 Å². The maximum Gasteiger partial charge on any atom is 0.260 e. The fraction of sp³-hybridized carbons (Fsp3) is 0.314. The fourth-order valence-corrected chi connectivity index (χ4v) is 6.99. The second-order valence-corrected chi connectivity index (χ2v) is 13.5. The monoisotopic (exact) mass is 621 g/mol. The van der Waals surface area contributed by atoms with Gasteiger partial charge in [0.1, 0.15) is 5.65 Å². The first-order valence-corrected chi connectivity index (χ1v) is 16.5.